The highest BCUT2D eigenvalue weighted by atomic mass is 35.5. The van der Waals surface area contributed by atoms with E-state index < -0.39 is 0 Å². The molecule has 108 valence electrons. The molecule has 1 atom stereocenters. The van der Waals surface area contributed by atoms with Gasteiger partial charge in [-0.25, -0.2) is 0 Å². The molecule has 1 fully saturated rings. The fourth-order valence-corrected chi connectivity index (χ4v) is 3.00. The lowest BCUT2D eigenvalue weighted by molar-refractivity contribution is 0.0947. The Bertz CT molecular complexity index is 542. The number of nitrogens with two attached hydrogens (primary N) is 1. The van der Waals surface area contributed by atoms with Gasteiger partial charge < -0.3 is 21.1 Å². The molecule has 0 aliphatic carbocycles. The molecular formula is C14H18ClN3O2. The molecule has 3 rings (SSSR count). The minimum absolute atomic E-state index is 0.154. The fraction of sp³-hybridized carbons (Fsp3) is 0.500. The quantitative estimate of drug-likeness (QED) is 0.736. The molecule has 0 aromatic heterocycles. The summed E-state index contributed by atoms with van der Waals surface area (Å²) in [4.78, 5) is 12.3. The first-order chi connectivity index (χ1) is 9.66. The topological polar surface area (TPSA) is 76.4 Å². The monoisotopic (exact) mass is 295 g/mol. The molecule has 0 radical (unpaired) electrons. The molecule has 4 N–H and O–H groups in total. The summed E-state index contributed by atoms with van der Waals surface area (Å²) in [5.74, 6) is 0.433. The number of carbonyl (C=O) groups excluding carboxylic acids is 1. The van der Waals surface area contributed by atoms with Gasteiger partial charge in [-0.1, -0.05) is 11.6 Å². The van der Waals surface area contributed by atoms with Crippen LogP contribution in [0.5, 0.6) is 5.75 Å². The van der Waals surface area contributed by atoms with Crippen molar-refractivity contribution in [2.45, 2.75) is 25.3 Å². The van der Waals surface area contributed by atoms with Gasteiger partial charge in [0.2, 0.25) is 0 Å². The Morgan fingerprint density at radius 3 is 3.20 bits per heavy atom. The number of nitrogen functional groups attached to an aromatic ring is 1. The number of nitrogens with one attached hydrogen (secondary N) is 2. The maximum atomic E-state index is 12.3. The van der Waals surface area contributed by atoms with Gasteiger partial charge in [-0.05, 0) is 25.5 Å². The van der Waals surface area contributed by atoms with Crippen molar-refractivity contribution in [3.05, 3.63) is 22.2 Å². The Balaban J connectivity index is 1.77. The van der Waals surface area contributed by atoms with Gasteiger partial charge in [0.1, 0.15) is 5.75 Å². The van der Waals surface area contributed by atoms with Crippen LogP contribution in [0.1, 0.15) is 28.8 Å². The summed E-state index contributed by atoms with van der Waals surface area (Å²) in [6.07, 6.45) is 2.95. The normalized spacial score (nSPS) is 20.6. The molecule has 0 bridgehead atoms. The fourth-order valence-electron chi connectivity index (χ4n) is 2.78. The first-order valence-corrected chi connectivity index (χ1v) is 7.30. The van der Waals surface area contributed by atoms with E-state index in [4.69, 9.17) is 22.1 Å². The molecule has 1 aromatic carbocycles. The predicted molar refractivity (Wildman–Crippen MR) is 78.4 cm³/mol. The molecule has 5 nitrogen and oxygen atoms in total. The van der Waals surface area contributed by atoms with Crippen molar-refractivity contribution in [3.8, 4) is 5.75 Å². The first-order valence-electron chi connectivity index (χ1n) is 6.92. The van der Waals surface area contributed by atoms with Gasteiger partial charge in [0, 0.05) is 24.6 Å². The van der Waals surface area contributed by atoms with Gasteiger partial charge in [-0.2, -0.15) is 0 Å². The SMILES string of the molecule is Nc1c(Cl)cc(C(=O)NC[C@H]2CCCN2)c2c1CCO2. The summed E-state index contributed by atoms with van der Waals surface area (Å²) in [7, 11) is 0. The lowest BCUT2D eigenvalue weighted by Gasteiger charge is -2.14. The third-order valence-electron chi connectivity index (χ3n) is 3.89. The van der Waals surface area contributed by atoms with Crippen molar-refractivity contribution in [2.75, 3.05) is 25.4 Å². The van der Waals surface area contributed by atoms with Gasteiger partial charge in [0.15, 0.2) is 0 Å². The molecular weight excluding hydrogens is 278 g/mol. The zero-order valence-electron chi connectivity index (χ0n) is 11.2. The maximum Gasteiger partial charge on any atom is 0.255 e. The van der Waals surface area contributed by atoms with E-state index in [9.17, 15) is 4.79 Å². The van der Waals surface area contributed by atoms with E-state index >= 15 is 0 Å². The molecule has 0 unspecified atom stereocenters. The minimum Gasteiger partial charge on any atom is -0.492 e. The van der Waals surface area contributed by atoms with E-state index in [1.54, 1.807) is 6.07 Å². The smallest absolute Gasteiger partial charge is 0.255 e. The Kier molecular flexibility index (Phi) is 3.72. The van der Waals surface area contributed by atoms with Gasteiger partial charge in [0.25, 0.3) is 5.91 Å². The number of anilines is 1. The lowest BCUT2D eigenvalue weighted by atomic mass is 10.0. The molecule has 1 amide bonds. The van der Waals surface area contributed by atoms with Crippen LogP contribution in [-0.2, 0) is 6.42 Å². The Morgan fingerprint density at radius 1 is 1.60 bits per heavy atom. The average Bonchev–Trinajstić information content (AvgIpc) is 3.10. The number of rotatable bonds is 3. The van der Waals surface area contributed by atoms with E-state index in [0.29, 0.717) is 47.6 Å². The molecule has 1 aromatic rings. The summed E-state index contributed by atoms with van der Waals surface area (Å²) in [5, 5.41) is 6.70. The van der Waals surface area contributed by atoms with Crippen LogP contribution in [0.2, 0.25) is 5.02 Å². The van der Waals surface area contributed by atoms with Crippen LogP contribution in [0.3, 0.4) is 0 Å². The van der Waals surface area contributed by atoms with Crippen LogP contribution in [-0.4, -0.2) is 31.6 Å². The van der Waals surface area contributed by atoms with E-state index in [0.717, 1.165) is 24.9 Å². The number of ether oxygens (including phenoxy) is 1. The molecule has 1 saturated heterocycles. The number of carbonyl (C=O) groups is 1. The van der Waals surface area contributed by atoms with Crippen molar-refractivity contribution >= 4 is 23.2 Å². The number of hydrogen-bond acceptors (Lipinski definition) is 4. The number of amides is 1. The Hall–Kier alpha value is -1.46. The molecule has 20 heavy (non-hydrogen) atoms. The van der Waals surface area contributed by atoms with Gasteiger partial charge in [-0.3, -0.25) is 4.79 Å². The molecule has 2 aliphatic heterocycles. The van der Waals surface area contributed by atoms with Gasteiger partial charge in [0.05, 0.1) is 22.9 Å². The summed E-state index contributed by atoms with van der Waals surface area (Å²) >= 11 is 6.10. The van der Waals surface area contributed by atoms with Gasteiger partial charge in [-0.15, -0.1) is 0 Å². The highest BCUT2D eigenvalue weighted by Gasteiger charge is 2.25. The molecule has 0 spiro atoms. The Labute approximate surface area is 122 Å². The second kappa shape index (κ2) is 5.50. The molecule has 2 aliphatic rings. The molecule has 2 heterocycles. The van der Waals surface area contributed by atoms with Crippen molar-refractivity contribution < 1.29 is 9.53 Å². The minimum atomic E-state index is -0.154. The average molecular weight is 296 g/mol. The summed E-state index contributed by atoms with van der Waals surface area (Å²) < 4.78 is 5.54. The summed E-state index contributed by atoms with van der Waals surface area (Å²) in [5.41, 5.74) is 7.77. The van der Waals surface area contributed by atoms with Crippen molar-refractivity contribution in [3.63, 3.8) is 0 Å². The molecule has 6 heteroatoms. The highest BCUT2D eigenvalue weighted by molar-refractivity contribution is 6.33. The van der Waals surface area contributed by atoms with E-state index in [1.165, 1.54) is 0 Å². The number of hydrogen-bond donors (Lipinski definition) is 3. The lowest BCUT2D eigenvalue weighted by Crippen LogP contribution is -2.37. The maximum absolute atomic E-state index is 12.3. The van der Waals surface area contributed by atoms with Crippen LogP contribution < -0.4 is 21.1 Å². The summed E-state index contributed by atoms with van der Waals surface area (Å²) in [6, 6.07) is 1.95. The number of halogens is 1. The Morgan fingerprint density at radius 2 is 2.45 bits per heavy atom. The van der Waals surface area contributed by atoms with Crippen LogP contribution >= 0.6 is 11.6 Å². The second-order valence-corrected chi connectivity index (χ2v) is 5.64. The van der Waals surface area contributed by atoms with E-state index in [2.05, 4.69) is 10.6 Å². The standard InChI is InChI=1S/C14H18ClN3O2/c15-11-6-10(13-9(12(11)16)3-5-20-13)14(19)18-7-8-2-1-4-17-8/h6,8,17H,1-5,7,16H2,(H,18,19)/t8-/m1/s1. The van der Waals surface area contributed by atoms with Gasteiger partial charge >= 0.3 is 0 Å². The van der Waals surface area contributed by atoms with E-state index in [-0.39, 0.29) is 5.91 Å². The summed E-state index contributed by atoms with van der Waals surface area (Å²) in [6.45, 7) is 2.19. The van der Waals surface area contributed by atoms with E-state index in [1.807, 2.05) is 0 Å². The van der Waals surface area contributed by atoms with Crippen LogP contribution in [0.25, 0.3) is 0 Å². The van der Waals surface area contributed by atoms with Crippen molar-refractivity contribution in [1.82, 2.24) is 10.6 Å². The zero-order valence-corrected chi connectivity index (χ0v) is 11.9. The van der Waals surface area contributed by atoms with Crippen molar-refractivity contribution in [1.29, 1.82) is 0 Å². The first kappa shape index (κ1) is 13.5. The second-order valence-electron chi connectivity index (χ2n) is 5.23. The van der Waals surface area contributed by atoms with Crippen LogP contribution in [0, 0.1) is 0 Å². The number of benzene rings is 1. The van der Waals surface area contributed by atoms with Crippen LogP contribution in [0.15, 0.2) is 6.07 Å². The predicted octanol–water partition coefficient (Wildman–Crippen LogP) is 1.34. The zero-order chi connectivity index (χ0) is 14.1. The van der Waals surface area contributed by atoms with Crippen LogP contribution in [0.4, 0.5) is 5.69 Å². The number of fused-ring (bicyclic) bond motifs is 1. The van der Waals surface area contributed by atoms with Crippen molar-refractivity contribution in [2.24, 2.45) is 0 Å². The third-order valence-corrected chi connectivity index (χ3v) is 4.20. The highest BCUT2D eigenvalue weighted by Crippen LogP contribution is 2.38. The largest absolute Gasteiger partial charge is 0.492 e. The third kappa shape index (κ3) is 2.43. The molecule has 0 saturated carbocycles.